The van der Waals surface area contributed by atoms with Gasteiger partial charge in [-0.05, 0) is 50.3 Å². The molecule has 2 N–H and O–H groups in total. The average molecular weight is 560 g/mol. The lowest BCUT2D eigenvalue weighted by atomic mass is 10.1. The molecular formula is C30H37N7O4. The van der Waals surface area contributed by atoms with Gasteiger partial charge in [0.2, 0.25) is 11.7 Å². The first-order chi connectivity index (χ1) is 20.1. The highest BCUT2D eigenvalue weighted by Crippen LogP contribution is 2.39. The van der Waals surface area contributed by atoms with Crippen molar-refractivity contribution >= 4 is 34.2 Å². The predicted octanol–water partition coefficient (Wildman–Crippen LogP) is 4.54. The minimum Gasteiger partial charge on any atom is -0.493 e. The molecule has 0 saturated carbocycles. The first-order valence-electron chi connectivity index (χ1n) is 14.2. The number of benzene rings is 2. The van der Waals surface area contributed by atoms with Crippen LogP contribution in [0.25, 0.3) is 16.6 Å². The second-order valence-corrected chi connectivity index (χ2v) is 10.5. The molecule has 0 radical (unpaired) electrons. The van der Waals surface area contributed by atoms with Gasteiger partial charge in [0.25, 0.3) is 0 Å². The maximum absolute atomic E-state index is 9.99. The van der Waals surface area contributed by atoms with Crippen LogP contribution in [-0.4, -0.2) is 78.2 Å². The normalized spacial score (nSPS) is 17.2. The maximum Gasteiger partial charge on any atom is 0.228 e. The van der Waals surface area contributed by atoms with E-state index in [1.54, 1.807) is 27.7 Å². The quantitative estimate of drug-likeness (QED) is 0.303. The Labute approximate surface area is 239 Å². The van der Waals surface area contributed by atoms with Gasteiger partial charge in [0.1, 0.15) is 18.0 Å². The number of imidazole rings is 1. The first-order valence-corrected chi connectivity index (χ1v) is 14.2. The molecule has 6 rings (SSSR count). The second kappa shape index (κ2) is 11.7. The van der Waals surface area contributed by atoms with Crippen LogP contribution in [0.3, 0.4) is 0 Å². The fourth-order valence-corrected chi connectivity index (χ4v) is 5.83. The molecule has 2 saturated heterocycles. The lowest BCUT2D eigenvalue weighted by molar-refractivity contribution is 0.265. The summed E-state index contributed by atoms with van der Waals surface area (Å²) in [5.41, 5.74) is 2.86. The molecule has 0 aliphatic carbocycles. The van der Waals surface area contributed by atoms with Crippen molar-refractivity contribution in [2.75, 3.05) is 62.7 Å². The molecule has 0 amide bonds. The number of nitrogens with one attached hydrogen (secondary N) is 1. The summed E-state index contributed by atoms with van der Waals surface area (Å²) in [6.45, 7) is 3.02. The number of aliphatic hydroxyl groups excluding tert-OH is 1. The van der Waals surface area contributed by atoms with E-state index in [0.29, 0.717) is 34.8 Å². The molecule has 2 aromatic carbocycles. The summed E-state index contributed by atoms with van der Waals surface area (Å²) in [4.78, 5) is 19.1. The van der Waals surface area contributed by atoms with E-state index >= 15 is 0 Å². The van der Waals surface area contributed by atoms with Crippen molar-refractivity contribution in [1.82, 2.24) is 19.5 Å². The number of hydrogen-bond donors (Lipinski definition) is 2. The predicted molar refractivity (Wildman–Crippen MR) is 160 cm³/mol. The van der Waals surface area contributed by atoms with Crippen LogP contribution < -0.4 is 29.3 Å². The number of rotatable bonds is 9. The second-order valence-electron chi connectivity index (χ2n) is 10.5. The van der Waals surface area contributed by atoms with E-state index in [-0.39, 0.29) is 12.6 Å². The van der Waals surface area contributed by atoms with Gasteiger partial charge in [0.05, 0.1) is 51.4 Å². The Morgan fingerprint density at radius 2 is 1.68 bits per heavy atom. The third-order valence-electron chi connectivity index (χ3n) is 8.01. The van der Waals surface area contributed by atoms with Gasteiger partial charge in [-0.15, -0.1) is 0 Å². The van der Waals surface area contributed by atoms with Crippen LogP contribution in [0.2, 0.25) is 0 Å². The highest BCUT2D eigenvalue weighted by atomic mass is 16.5. The number of piperidine rings is 1. The van der Waals surface area contributed by atoms with Crippen molar-refractivity contribution in [3.63, 3.8) is 0 Å². The molecule has 2 aromatic heterocycles. The van der Waals surface area contributed by atoms with Crippen molar-refractivity contribution in [2.45, 2.75) is 38.1 Å². The molecule has 0 spiro atoms. The standard InChI is InChI=1S/C30H37N7O4/c1-39-25-15-22(16-26(40-2)28(25)41-3)36-17-27(31-19-36)33-29-23-10-9-20(35-11-5-4-6-12-35)14-24(23)32-30(34-29)37-13-7-8-21(37)18-38/h9-10,14-17,19,21,38H,4-8,11-13,18H2,1-3H3,(H,32,33,34). The number of aliphatic hydroxyl groups is 1. The van der Waals surface area contributed by atoms with Crippen molar-refractivity contribution < 1.29 is 19.3 Å². The van der Waals surface area contributed by atoms with Crippen molar-refractivity contribution in [2.24, 2.45) is 0 Å². The summed E-state index contributed by atoms with van der Waals surface area (Å²) < 4.78 is 18.4. The van der Waals surface area contributed by atoms with Gasteiger partial charge in [0, 0.05) is 42.8 Å². The molecule has 216 valence electrons. The Bertz CT molecular complexity index is 1490. The largest absolute Gasteiger partial charge is 0.493 e. The van der Waals surface area contributed by atoms with Crippen LogP contribution in [0.1, 0.15) is 32.1 Å². The van der Waals surface area contributed by atoms with Crippen LogP contribution in [0, 0.1) is 0 Å². The third kappa shape index (κ3) is 5.29. The smallest absolute Gasteiger partial charge is 0.228 e. The maximum atomic E-state index is 9.99. The van der Waals surface area contributed by atoms with Gasteiger partial charge in [-0.1, -0.05) is 0 Å². The summed E-state index contributed by atoms with van der Waals surface area (Å²) in [6, 6.07) is 10.2. The number of hydrogen-bond acceptors (Lipinski definition) is 10. The molecule has 0 bridgehead atoms. The number of fused-ring (bicyclic) bond motifs is 1. The molecule has 2 aliphatic heterocycles. The first kappa shape index (κ1) is 26.9. The number of methoxy groups -OCH3 is 3. The van der Waals surface area contributed by atoms with Crippen LogP contribution >= 0.6 is 0 Å². The fourth-order valence-electron chi connectivity index (χ4n) is 5.83. The average Bonchev–Trinajstić information content (AvgIpc) is 3.70. The van der Waals surface area contributed by atoms with E-state index < -0.39 is 0 Å². The summed E-state index contributed by atoms with van der Waals surface area (Å²) in [5.74, 6) is 3.58. The van der Waals surface area contributed by atoms with E-state index in [0.717, 1.165) is 49.1 Å². The molecule has 1 atom stereocenters. The molecule has 4 aromatic rings. The Kier molecular flexibility index (Phi) is 7.69. The number of ether oxygens (including phenoxy) is 3. The summed E-state index contributed by atoms with van der Waals surface area (Å²) >= 11 is 0. The zero-order valence-corrected chi connectivity index (χ0v) is 23.8. The van der Waals surface area contributed by atoms with Gasteiger partial charge in [0.15, 0.2) is 11.5 Å². The molecule has 4 heterocycles. The van der Waals surface area contributed by atoms with Crippen molar-refractivity contribution in [3.05, 3.63) is 42.9 Å². The highest BCUT2D eigenvalue weighted by molar-refractivity contribution is 5.93. The fraction of sp³-hybridized carbons (Fsp3) is 0.433. The minimum absolute atomic E-state index is 0.0184. The van der Waals surface area contributed by atoms with E-state index in [2.05, 4.69) is 38.3 Å². The zero-order valence-electron chi connectivity index (χ0n) is 23.8. The van der Waals surface area contributed by atoms with Gasteiger partial charge in [-0.25, -0.2) is 9.97 Å². The topological polar surface area (TPSA) is 110 Å². The van der Waals surface area contributed by atoms with E-state index in [4.69, 9.17) is 24.2 Å². The monoisotopic (exact) mass is 559 g/mol. The Balaban J connectivity index is 1.37. The lowest BCUT2D eigenvalue weighted by Gasteiger charge is -2.29. The molecule has 1 unspecified atom stereocenters. The summed E-state index contributed by atoms with van der Waals surface area (Å²) in [6.07, 6.45) is 9.24. The van der Waals surface area contributed by atoms with Crippen LogP contribution in [-0.2, 0) is 0 Å². The Morgan fingerprint density at radius 3 is 2.39 bits per heavy atom. The van der Waals surface area contributed by atoms with E-state index in [1.807, 2.05) is 22.9 Å². The Morgan fingerprint density at radius 1 is 0.902 bits per heavy atom. The van der Waals surface area contributed by atoms with E-state index in [1.165, 1.54) is 24.9 Å². The molecule has 11 heteroatoms. The number of aromatic nitrogens is 4. The zero-order chi connectivity index (χ0) is 28.3. The number of nitrogens with zero attached hydrogens (tertiary/aromatic N) is 6. The summed E-state index contributed by atoms with van der Waals surface area (Å²) in [7, 11) is 4.77. The Hall–Kier alpha value is -4.25. The summed E-state index contributed by atoms with van der Waals surface area (Å²) in [5, 5.41) is 14.3. The molecule has 2 aliphatic rings. The van der Waals surface area contributed by atoms with Crippen LogP contribution in [0.4, 0.5) is 23.3 Å². The van der Waals surface area contributed by atoms with Gasteiger partial charge in [-0.3, -0.25) is 0 Å². The SMILES string of the molecule is COc1cc(-n2cnc(Nc3nc(N4CCCC4CO)nc4cc(N5CCCCC5)ccc34)c2)cc(OC)c1OC. The van der Waals surface area contributed by atoms with Crippen molar-refractivity contribution in [1.29, 1.82) is 0 Å². The van der Waals surface area contributed by atoms with E-state index in [9.17, 15) is 5.11 Å². The van der Waals surface area contributed by atoms with Gasteiger partial charge >= 0.3 is 0 Å². The molecule has 11 nitrogen and oxygen atoms in total. The number of anilines is 4. The third-order valence-corrected chi connectivity index (χ3v) is 8.01. The van der Waals surface area contributed by atoms with Gasteiger partial charge in [-0.2, -0.15) is 4.98 Å². The van der Waals surface area contributed by atoms with Crippen LogP contribution in [0.5, 0.6) is 17.2 Å². The molecule has 2 fully saturated rings. The van der Waals surface area contributed by atoms with Crippen LogP contribution in [0.15, 0.2) is 42.9 Å². The lowest BCUT2D eigenvalue weighted by Crippen LogP contribution is -2.33. The minimum atomic E-state index is 0.0184. The highest BCUT2D eigenvalue weighted by Gasteiger charge is 2.27. The molecule has 41 heavy (non-hydrogen) atoms. The van der Waals surface area contributed by atoms with Gasteiger partial charge < -0.3 is 39.0 Å². The van der Waals surface area contributed by atoms with Crippen molar-refractivity contribution in [3.8, 4) is 22.9 Å². The molecular weight excluding hydrogens is 522 g/mol.